The van der Waals surface area contributed by atoms with E-state index in [2.05, 4.69) is 15.2 Å². The zero-order valence-corrected chi connectivity index (χ0v) is 5.48. The van der Waals surface area contributed by atoms with Gasteiger partial charge in [0.1, 0.15) is 0 Å². The van der Waals surface area contributed by atoms with Crippen LogP contribution < -0.4 is 5.43 Å². The van der Waals surface area contributed by atoms with Gasteiger partial charge in [-0.25, -0.2) is 10.1 Å². The van der Waals surface area contributed by atoms with Crippen molar-refractivity contribution in [1.29, 1.82) is 0 Å². The molecule has 0 aliphatic carbocycles. The first-order valence-corrected chi connectivity index (χ1v) is 2.38. The Morgan fingerprint density at radius 1 is 1.33 bits per heavy atom. The van der Waals surface area contributed by atoms with Crippen LogP contribution in [0.25, 0.3) is 0 Å². The molecule has 0 saturated heterocycles. The van der Waals surface area contributed by atoms with E-state index >= 15 is 0 Å². The van der Waals surface area contributed by atoms with Crippen LogP contribution in [0.15, 0.2) is 10.3 Å². The minimum absolute atomic E-state index is 0.240. The van der Waals surface area contributed by atoms with E-state index < -0.39 is 9.96 Å². The van der Waals surface area contributed by atoms with Crippen LogP contribution in [0.3, 0.4) is 0 Å². The largest absolute Gasteiger partial charge is 0.376 e. The van der Waals surface area contributed by atoms with Gasteiger partial charge in [0, 0.05) is 0 Å². The molecular formula is C2H3N5O5. The van der Waals surface area contributed by atoms with E-state index in [4.69, 9.17) is 0 Å². The molecule has 0 rings (SSSR count). The standard InChI is InChI=1S/C2H3N5O5/c8-6(9)2-5-12-4-1-3-7(10)11/h1-2H,(H,3,4)/b5-2-. The number of rotatable bonds is 5. The Hall–Kier alpha value is -2.26. The molecule has 0 aromatic heterocycles. The Balaban J connectivity index is 3.49. The summed E-state index contributed by atoms with van der Waals surface area (Å²) in [5.74, 6) is 0. The Morgan fingerprint density at radius 3 is 2.50 bits per heavy atom. The molecule has 0 amide bonds. The van der Waals surface area contributed by atoms with E-state index in [0.29, 0.717) is 6.34 Å². The molecule has 10 heteroatoms. The van der Waals surface area contributed by atoms with Crippen LogP contribution in [0.1, 0.15) is 0 Å². The lowest BCUT2D eigenvalue weighted by Crippen LogP contribution is -2.18. The molecule has 0 aromatic rings. The Morgan fingerprint density at radius 2 is 2.00 bits per heavy atom. The van der Waals surface area contributed by atoms with Crippen LogP contribution in [-0.4, -0.2) is 22.6 Å². The fourth-order valence-corrected chi connectivity index (χ4v) is 0.181. The summed E-state index contributed by atoms with van der Waals surface area (Å²) in [6.45, 7) is 0. The number of nitro groups is 2. The first kappa shape index (κ1) is 9.74. The first-order chi connectivity index (χ1) is 5.63. The maximum Gasteiger partial charge on any atom is 0.376 e. The van der Waals surface area contributed by atoms with Crippen LogP contribution in [0.4, 0.5) is 0 Å². The minimum Gasteiger partial charge on any atom is -0.358 e. The molecule has 0 spiro atoms. The van der Waals surface area contributed by atoms with Gasteiger partial charge in [0.15, 0.2) is 16.5 Å². The van der Waals surface area contributed by atoms with Gasteiger partial charge in [-0.1, -0.05) is 5.43 Å². The summed E-state index contributed by atoms with van der Waals surface area (Å²) in [6, 6.07) is 0. The Bertz CT molecular complexity index is 222. The van der Waals surface area contributed by atoms with Gasteiger partial charge >= 0.3 is 6.34 Å². The van der Waals surface area contributed by atoms with Gasteiger partial charge in [0.25, 0.3) is 0 Å². The minimum atomic E-state index is -0.899. The highest BCUT2D eigenvalue weighted by atomic mass is 16.8. The van der Waals surface area contributed by atoms with E-state index in [1.54, 1.807) is 0 Å². The Labute approximate surface area is 64.7 Å². The van der Waals surface area contributed by atoms with Crippen molar-refractivity contribution in [1.82, 2.24) is 5.43 Å². The van der Waals surface area contributed by atoms with Crippen molar-refractivity contribution in [3.8, 4) is 0 Å². The van der Waals surface area contributed by atoms with Crippen LogP contribution >= 0.6 is 0 Å². The summed E-state index contributed by atoms with van der Waals surface area (Å²) >= 11 is 0. The van der Waals surface area contributed by atoms with Gasteiger partial charge in [-0.15, -0.1) is 4.94 Å². The smallest absolute Gasteiger partial charge is 0.358 e. The summed E-state index contributed by atoms with van der Waals surface area (Å²) in [5, 5.41) is 23.7. The monoisotopic (exact) mass is 177 g/mol. The molecular weight excluding hydrogens is 174 g/mol. The van der Waals surface area contributed by atoms with Gasteiger partial charge in [0.05, 0.1) is 0 Å². The lowest BCUT2D eigenvalue weighted by Gasteiger charge is -1.81. The highest BCUT2D eigenvalue weighted by Gasteiger charge is 1.87. The van der Waals surface area contributed by atoms with Crippen molar-refractivity contribution >= 4 is 12.7 Å². The number of nitrogens with one attached hydrogen (secondary N) is 1. The molecule has 0 heterocycles. The van der Waals surface area contributed by atoms with E-state index in [1.165, 1.54) is 5.43 Å². The third-order valence-electron chi connectivity index (χ3n) is 0.452. The van der Waals surface area contributed by atoms with E-state index in [1.807, 2.05) is 0 Å². The predicted octanol–water partition coefficient (Wildman–Crippen LogP) is -1.05. The summed E-state index contributed by atoms with van der Waals surface area (Å²) < 4.78 is 0. The average Bonchev–Trinajstić information content (AvgIpc) is 1.95. The lowest BCUT2D eigenvalue weighted by molar-refractivity contribution is -0.523. The van der Waals surface area contributed by atoms with Crippen molar-refractivity contribution < 1.29 is 14.9 Å². The number of hydrogen-bond donors (Lipinski definition) is 1. The van der Waals surface area contributed by atoms with Gasteiger partial charge in [0.2, 0.25) is 0 Å². The summed E-state index contributed by atoms with van der Waals surface area (Å²) in [6.07, 6.45) is 0.806. The molecule has 1 N–H and O–H groups in total. The second-order valence-corrected chi connectivity index (χ2v) is 1.21. The molecule has 66 valence electrons. The van der Waals surface area contributed by atoms with Gasteiger partial charge in [-0.2, -0.15) is 0 Å². The second-order valence-electron chi connectivity index (χ2n) is 1.21. The van der Waals surface area contributed by atoms with E-state index in [-0.39, 0.29) is 6.34 Å². The molecule has 0 radical (unpaired) electrons. The molecule has 0 aromatic carbocycles. The highest BCUT2D eigenvalue weighted by molar-refractivity contribution is 5.51. The molecule has 0 saturated carbocycles. The topological polar surface area (TPSA) is 132 Å². The second kappa shape index (κ2) is 5.52. The van der Waals surface area contributed by atoms with Gasteiger partial charge in [-0.3, -0.25) is 0 Å². The van der Waals surface area contributed by atoms with Crippen molar-refractivity contribution in [2.24, 2.45) is 10.3 Å². The first-order valence-electron chi connectivity index (χ1n) is 2.38. The normalized spacial score (nSPS) is 10.3. The third kappa shape index (κ3) is 7.74. The molecule has 12 heavy (non-hydrogen) atoms. The van der Waals surface area contributed by atoms with Crippen LogP contribution in [0, 0.1) is 20.2 Å². The molecule has 0 bridgehead atoms. The average molecular weight is 177 g/mol. The maximum absolute atomic E-state index is 9.54. The number of hydrogen-bond acceptors (Lipinski definition) is 7. The van der Waals surface area contributed by atoms with Crippen molar-refractivity contribution in [2.75, 3.05) is 0 Å². The van der Waals surface area contributed by atoms with Crippen molar-refractivity contribution in [3.63, 3.8) is 0 Å². The fourth-order valence-electron chi connectivity index (χ4n) is 0.181. The van der Waals surface area contributed by atoms with Crippen LogP contribution in [0.5, 0.6) is 0 Å². The predicted molar refractivity (Wildman–Crippen MR) is 35.2 cm³/mol. The maximum atomic E-state index is 9.54. The molecule has 0 fully saturated rings. The molecule has 0 atom stereocenters. The quantitative estimate of drug-likeness (QED) is 0.246. The summed E-state index contributed by atoms with van der Waals surface area (Å²) in [5.41, 5.74) is 1.50. The van der Waals surface area contributed by atoms with Crippen LogP contribution in [-0.2, 0) is 4.94 Å². The SMILES string of the molecule is O=[N+]([O-])/C=N\O/N=C\N[N+](=O)[O-]. The molecule has 0 aliphatic heterocycles. The number of oxime groups is 2. The van der Waals surface area contributed by atoms with E-state index in [9.17, 15) is 20.2 Å². The van der Waals surface area contributed by atoms with Gasteiger partial charge < -0.3 is 10.1 Å². The van der Waals surface area contributed by atoms with Crippen molar-refractivity contribution in [2.45, 2.75) is 0 Å². The Kier molecular flexibility index (Phi) is 4.48. The molecule has 10 nitrogen and oxygen atoms in total. The highest BCUT2D eigenvalue weighted by Crippen LogP contribution is 1.72. The van der Waals surface area contributed by atoms with Gasteiger partial charge in [-0.05, 0) is 10.1 Å². The van der Waals surface area contributed by atoms with E-state index in [0.717, 1.165) is 0 Å². The molecule has 0 aliphatic rings. The number of hydrazine groups is 1. The lowest BCUT2D eigenvalue weighted by atomic mass is 11.3. The zero-order valence-electron chi connectivity index (χ0n) is 5.48. The summed E-state index contributed by atoms with van der Waals surface area (Å²) in [4.78, 5) is 22.0. The summed E-state index contributed by atoms with van der Waals surface area (Å²) in [7, 11) is 0. The fraction of sp³-hybridized carbons (Fsp3) is 0. The zero-order chi connectivity index (χ0) is 9.40. The van der Waals surface area contributed by atoms with Crippen molar-refractivity contribution in [3.05, 3.63) is 20.2 Å². The third-order valence-corrected chi connectivity index (χ3v) is 0.452. The van der Waals surface area contributed by atoms with Crippen LogP contribution in [0.2, 0.25) is 0 Å². The molecule has 0 unspecified atom stereocenters. The number of nitrogens with zero attached hydrogens (tertiary/aromatic N) is 4.